The van der Waals surface area contributed by atoms with Crippen LogP contribution in [0.25, 0.3) is 6.08 Å². The van der Waals surface area contributed by atoms with Gasteiger partial charge in [-0.2, -0.15) is 0 Å². The first kappa shape index (κ1) is 26.8. The Balaban J connectivity index is 1.58. The number of nitro benzene ring substituents is 1. The number of urea groups is 1. The second-order valence-electron chi connectivity index (χ2n) is 7.92. The van der Waals surface area contributed by atoms with Crippen molar-refractivity contribution >= 4 is 85.4 Å². The topological polar surface area (TPSA) is 119 Å². The Labute approximate surface area is 237 Å². The molecule has 0 unspecified atom stereocenters. The Morgan fingerprint density at radius 2 is 1.84 bits per heavy atom. The number of imide groups is 2. The number of non-ortho nitro benzene ring substituents is 1. The number of aryl methyl sites for hydroxylation is 1. The van der Waals surface area contributed by atoms with Crippen molar-refractivity contribution in [2.75, 3.05) is 4.90 Å². The average Bonchev–Trinajstić information content (AvgIpc) is 2.83. The third-order valence-electron chi connectivity index (χ3n) is 5.38. The maximum atomic E-state index is 13.2. The highest BCUT2D eigenvalue weighted by Crippen LogP contribution is 2.34. The molecule has 0 atom stereocenters. The lowest BCUT2D eigenvalue weighted by Gasteiger charge is -2.26. The molecule has 12 heteroatoms. The molecule has 1 fully saturated rings. The van der Waals surface area contributed by atoms with Gasteiger partial charge in [0.25, 0.3) is 17.5 Å². The number of nitro groups is 1. The molecule has 3 aromatic rings. The summed E-state index contributed by atoms with van der Waals surface area (Å²) in [4.78, 5) is 49.3. The summed E-state index contributed by atoms with van der Waals surface area (Å²) in [6.07, 6.45) is 1.39. The van der Waals surface area contributed by atoms with Crippen molar-refractivity contribution in [2.24, 2.45) is 0 Å². The molecule has 0 saturated carbocycles. The Hall–Kier alpha value is -3.29. The number of ether oxygens (including phenoxy) is 1. The van der Waals surface area contributed by atoms with E-state index < -0.39 is 22.8 Å². The van der Waals surface area contributed by atoms with Gasteiger partial charge in [0, 0.05) is 17.2 Å². The summed E-state index contributed by atoms with van der Waals surface area (Å²) in [5, 5.41) is 13.4. The van der Waals surface area contributed by atoms with Gasteiger partial charge in [-0.15, -0.1) is 0 Å². The number of benzene rings is 3. The molecule has 3 aromatic carbocycles. The van der Waals surface area contributed by atoms with Crippen molar-refractivity contribution in [3.8, 4) is 5.75 Å². The Bertz CT molecular complexity index is 1470. The Kier molecular flexibility index (Phi) is 7.95. The molecule has 0 aliphatic carbocycles. The lowest BCUT2D eigenvalue weighted by Crippen LogP contribution is -2.54. The monoisotopic (exact) mass is 695 g/mol. The Morgan fingerprint density at radius 3 is 2.46 bits per heavy atom. The zero-order valence-corrected chi connectivity index (χ0v) is 23.5. The molecule has 0 radical (unpaired) electrons. The maximum absolute atomic E-state index is 13.2. The van der Waals surface area contributed by atoms with E-state index in [-0.39, 0.29) is 23.6 Å². The number of nitrogens with one attached hydrogen (secondary N) is 1. The number of carbonyl (C=O) groups is 3. The van der Waals surface area contributed by atoms with E-state index in [1.807, 2.05) is 0 Å². The van der Waals surface area contributed by atoms with Crippen molar-refractivity contribution in [2.45, 2.75) is 13.5 Å². The third-order valence-corrected chi connectivity index (χ3v) is 7.17. The maximum Gasteiger partial charge on any atom is 0.335 e. The molecule has 1 heterocycles. The normalized spacial score (nSPS) is 14.6. The summed E-state index contributed by atoms with van der Waals surface area (Å²) >= 11 is 11.7. The molecule has 4 rings (SSSR count). The number of amides is 4. The van der Waals surface area contributed by atoms with Gasteiger partial charge in [-0.3, -0.25) is 25.0 Å². The first-order chi connectivity index (χ1) is 17.5. The van der Waals surface area contributed by atoms with E-state index in [0.717, 1.165) is 16.0 Å². The highest BCUT2D eigenvalue weighted by molar-refractivity contribution is 14.1. The number of rotatable bonds is 6. The average molecular weight is 697 g/mol. The SMILES string of the molecule is Cc1ccc(N2C(=O)NC(=O)/C(=C/c3cc(Br)c(OCc4ccc([N+](=O)[O-])cc4)c(I)c3)C2=O)cc1Cl. The number of anilines is 1. The van der Waals surface area contributed by atoms with Crippen LogP contribution in [0.15, 0.2) is 64.6 Å². The van der Waals surface area contributed by atoms with Crippen molar-refractivity contribution in [1.29, 1.82) is 0 Å². The number of hydrogen-bond donors (Lipinski definition) is 1. The zero-order valence-electron chi connectivity index (χ0n) is 19.0. The smallest absolute Gasteiger partial charge is 0.335 e. The molecule has 0 spiro atoms. The lowest BCUT2D eigenvalue weighted by molar-refractivity contribution is -0.384. The summed E-state index contributed by atoms with van der Waals surface area (Å²) in [6.45, 7) is 1.96. The van der Waals surface area contributed by atoms with Crippen LogP contribution in [-0.4, -0.2) is 22.8 Å². The van der Waals surface area contributed by atoms with Crippen LogP contribution in [0.1, 0.15) is 16.7 Å². The number of carbonyl (C=O) groups excluding carboxylic acids is 3. The molecule has 9 nitrogen and oxygen atoms in total. The van der Waals surface area contributed by atoms with E-state index >= 15 is 0 Å². The lowest BCUT2D eigenvalue weighted by atomic mass is 10.1. The van der Waals surface area contributed by atoms with Gasteiger partial charge in [0.05, 0.1) is 18.7 Å². The van der Waals surface area contributed by atoms with Crippen molar-refractivity contribution < 1.29 is 24.0 Å². The van der Waals surface area contributed by atoms with Crippen LogP contribution in [0.4, 0.5) is 16.2 Å². The van der Waals surface area contributed by atoms with Crippen LogP contribution in [0.3, 0.4) is 0 Å². The van der Waals surface area contributed by atoms with Gasteiger partial charge in [-0.25, -0.2) is 9.69 Å². The van der Waals surface area contributed by atoms with Crippen LogP contribution in [0.5, 0.6) is 5.75 Å². The van der Waals surface area contributed by atoms with Gasteiger partial charge >= 0.3 is 6.03 Å². The van der Waals surface area contributed by atoms with E-state index in [1.165, 1.54) is 24.3 Å². The van der Waals surface area contributed by atoms with Gasteiger partial charge in [-0.1, -0.05) is 17.7 Å². The third kappa shape index (κ3) is 5.84. The molecule has 1 N–H and O–H groups in total. The van der Waals surface area contributed by atoms with E-state index in [0.29, 0.717) is 24.4 Å². The summed E-state index contributed by atoms with van der Waals surface area (Å²) in [7, 11) is 0. The first-order valence-corrected chi connectivity index (χ1v) is 12.8. The van der Waals surface area contributed by atoms with Crippen LogP contribution < -0.4 is 15.0 Å². The quantitative estimate of drug-likeness (QED) is 0.108. The molecule has 188 valence electrons. The number of hydrogen-bond acceptors (Lipinski definition) is 6. The second kappa shape index (κ2) is 11.0. The Morgan fingerprint density at radius 1 is 1.14 bits per heavy atom. The fourth-order valence-corrected chi connectivity index (χ4v) is 5.39. The van der Waals surface area contributed by atoms with Gasteiger partial charge in [0.1, 0.15) is 17.9 Å². The molecule has 4 amide bonds. The predicted molar refractivity (Wildman–Crippen MR) is 149 cm³/mol. The van der Waals surface area contributed by atoms with Gasteiger partial charge < -0.3 is 4.74 Å². The molecular formula is C25H16BrClIN3O6. The second-order valence-corrected chi connectivity index (χ2v) is 10.3. The fraction of sp³-hybridized carbons (Fsp3) is 0.0800. The van der Waals surface area contributed by atoms with Crippen LogP contribution in [0, 0.1) is 20.6 Å². The molecule has 1 aliphatic rings. The summed E-state index contributed by atoms with van der Waals surface area (Å²) in [5.41, 5.74) is 2.04. The van der Waals surface area contributed by atoms with Crippen molar-refractivity contribution in [3.63, 3.8) is 0 Å². The summed E-state index contributed by atoms with van der Waals surface area (Å²) < 4.78 is 7.14. The highest BCUT2D eigenvalue weighted by atomic mass is 127. The minimum absolute atomic E-state index is 0.0102. The van der Waals surface area contributed by atoms with Gasteiger partial charge in [-0.05, 0) is 105 Å². The number of nitrogens with zero attached hydrogens (tertiary/aromatic N) is 2. The molecule has 1 aliphatic heterocycles. The van der Waals surface area contributed by atoms with Crippen molar-refractivity contribution in [3.05, 3.63) is 100 Å². The standard InChI is InChI=1S/C25H16BrClIN3O6/c1-13-2-5-17(11-20(13)27)30-24(33)18(23(32)29-25(30)34)8-15-9-19(26)22(21(28)10-15)37-12-14-3-6-16(7-4-14)31(35)36/h2-11H,12H2,1H3,(H,29,32,34)/b18-8-. The first-order valence-electron chi connectivity index (χ1n) is 10.6. The van der Waals surface area contributed by atoms with Crippen LogP contribution in [0.2, 0.25) is 5.02 Å². The molecule has 0 bridgehead atoms. The van der Waals surface area contributed by atoms with Gasteiger partial charge in [0.2, 0.25) is 0 Å². The molecular weight excluding hydrogens is 681 g/mol. The van der Waals surface area contributed by atoms with Crippen LogP contribution in [-0.2, 0) is 16.2 Å². The van der Waals surface area contributed by atoms with E-state index in [2.05, 4.69) is 43.8 Å². The predicted octanol–water partition coefficient (Wildman–Crippen LogP) is 6.17. The molecule has 0 aromatic heterocycles. The number of barbiturate groups is 1. The van der Waals surface area contributed by atoms with E-state index in [4.69, 9.17) is 16.3 Å². The summed E-state index contributed by atoms with van der Waals surface area (Å²) in [5.74, 6) is -1.07. The van der Waals surface area contributed by atoms with Crippen molar-refractivity contribution in [1.82, 2.24) is 5.32 Å². The van der Waals surface area contributed by atoms with E-state index in [9.17, 15) is 24.5 Å². The minimum atomic E-state index is -0.863. The molecule has 37 heavy (non-hydrogen) atoms. The zero-order chi connectivity index (χ0) is 26.9. The highest BCUT2D eigenvalue weighted by Gasteiger charge is 2.37. The van der Waals surface area contributed by atoms with Gasteiger partial charge in [0.15, 0.2) is 0 Å². The number of halogens is 3. The fourth-order valence-electron chi connectivity index (χ4n) is 3.45. The largest absolute Gasteiger partial charge is 0.487 e. The van der Waals surface area contributed by atoms with E-state index in [1.54, 1.807) is 43.3 Å². The minimum Gasteiger partial charge on any atom is -0.487 e. The molecule has 1 saturated heterocycles. The summed E-state index contributed by atoms with van der Waals surface area (Å²) in [6, 6.07) is 13.3. The van der Waals surface area contributed by atoms with Crippen LogP contribution >= 0.6 is 50.1 Å².